The Kier molecular flexibility index (Phi) is 8.04. The van der Waals surface area contributed by atoms with Gasteiger partial charge in [0.2, 0.25) is 5.91 Å². The molecular weight excluding hydrogens is 318 g/mol. The quantitative estimate of drug-likeness (QED) is 0.382. The Morgan fingerprint density at radius 2 is 2.12 bits per heavy atom. The molecule has 1 aromatic rings. The molecule has 0 aliphatic carbocycles. The molecule has 7 nitrogen and oxygen atoms in total. The number of para-hydroxylation sites is 1. The zero-order valence-electron chi connectivity index (χ0n) is 15.1. The van der Waals surface area contributed by atoms with Crippen LogP contribution in [0.1, 0.15) is 12.8 Å². The smallest absolute Gasteiger partial charge is 0.239 e. The maximum atomic E-state index is 11.7. The Bertz CT molecular complexity index is 550. The summed E-state index contributed by atoms with van der Waals surface area (Å²) in [7, 11) is 3.33. The van der Waals surface area contributed by atoms with E-state index in [-0.39, 0.29) is 12.5 Å². The predicted molar refractivity (Wildman–Crippen MR) is 101 cm³/mol. The summed E-state index contributed by atoms with van der Waals surface area (Å²) < 4.78 is 4.91. The number of nitrogens with zero attached hydrogens (tertiary/aromatic N) is 2. The zero-order chi connectivity index (χ0) is 17.9. The summed E-state index contributed by atoms with van der Waals surface area (Å²) in [5, 5.41) is 9.26. The van der Waals surface area contributed by atoms with Crippen molar-refractivity contribution in [2.45, 2.75) is 18.9 Å². The highest BCUT2D eigenvalue weighted by Gasteiger charge is 2.21. The molecule has 1 fully saturated rings. The van der Waals surface area contributed by atoms with Gasteiger partial charge in [0.25, 0.3) is 0 Å². The second kappa shape index (κ2) is 10.6. The van der Waals surface area contributed by atoms with E-state index in [1.165, 1.54) is 5.69 Å². The number of hydrogen-bond acceptors (Lipinski definition) is 4. The molecule has 3 N–H and O–H groups in total. The fourth-order valence-corrected chi connectivity index (χ4v) is 2.88. The third-order valence-electron chi connectivity index (χ3n) is 4.15. The van der Waals surface area contributed by atoms with Crippen molar-refractivity contribution < 1.29 is 9.53 Å². The minimum Gasteiger partial charge on any atom is -0.383 e. The van der Waals surface area contributed by atoms with E-state index in [4.69, 9.17) is 4.74 Å². The van der Waals surface area contributed by atoms with Crippen LogP contribution in [0, 0.1) is 0 Å². The van der Waals surface area contributed by atoms with E-state index < -0.39 is 0 Å². The Balaban J connectivity index is 1.77. The van der Waals surface area contributed by atoms with Gasteiger partial charge in [0.1, 0.15) is 0 Å². The van der Waals surface area contributed by atoms with Crippen LogP contribution in [-0.2, 0) is 9.53 Å². The summed E-state index contributed by atoms with van der Waals surface area (Å²) in [6, 6.07) is 10.7. The molecule has 1 amide bonds. The number of guanidine groups is 1. The number of amides is 1. The number of hydrogen-bond donors (Lipinski definition) is 3. The zero-order valence-corrected chi connectivity index (χ0v) is 15.1. The number of aliphatic imine (C=N–C) groups is 1. The van der Waals surface area contributed by atoms with Crippen molar-refractivity contribution in [3.63, 3.8) is 0 Å². The van der Waals surface area contributed by atoms with E-state index in [1.807, 2.05) is 6.07 Å². The van der Waals surface area contributed by atoms with Crippen LogP contribution in [0.15, 0.2) is 35.3 Å². The third-order valence-corrected chi connectivity index (χ3v) is 4.15. The first kappa shape index (κ1) is 19.1. The van der Waals surface area contributed by atoms with Gasteiger partial charge in [0.05, 0.1) is 13.2 Å². The highest BCUT2D eigenvalue weighted by Crippen LogP contribution is 2.19. The molecule has 138 valence electrons. The van der Waals surface area contributed by atoms with Crippen LogP contribution >= 0.6 is 0 Å². The van der Waals surface area contributed by atoms with Gasteiger partial charge in [-0.1, -0.05) is 18.2 Å². The molecular formula is C18H29N5O2. The van der Waals surface area contributed by atoms with E-state index in [0.717, 1.165) is 25.9 Å². The Labute approximate surface area is 149 Å². The second-order valence-electron chi connectivity index (χ2n) is 6.03. The van der Waals surface area contributed by atoms with E-state index in [0.29, 0.717) is 25.2 Å². The number of ether oxygens (including phenoxy) is 1. The average Bonchev–Trinajstić information content (AvgIpc) is 2.66. The number of methoxy groups -OCH3 is 1. The molecule has 0 saturated carbocycles. The Morgan fingerprint density at radius 1 is 1.32 bits per heavy atom. The number of nitrogens with one attached hydrogen (secondary N) is 3. The maximum Gasteiger partial charge on any atom is 0.239 e. The van der Waals surface area contributed by atoms with Crippen molar-refractivity contribution in [1.29, 1.82) is 0 Å². The number of piperidine rings is 1. The van der Waals surface area contributed by atoms with Crippen LogP contribution in [0.2, 0.25) is 0 Å². The minimum absolute atomic E-state index is 0.0745. The van der Waals surface area contributed by atoms with Gasteiger partial charge in [-0.05, 0) is 25.0 Å². The van der Waals surface area contributed by atoms with Gasteiger partial charge in [-0.25, -0.2) is 0 Å². The number of rotatable bonds is 7. The normalized spacial score (nSPS) is 17.9. The van der Waals surface area contributed by atoms with Crippen molar-refractivity contribution in [1.82, 2.24) is 16.0 Å². The largest absolute Gasteiger partial charge is 0.383 e. The first-order valence-corrected chi connectivity index (χ1v) is 8.75. The van der Waals surface area contributed by atoms with Crippen molar-refractivity contribution in [3.05, 3.63) is 30.3 Å². The molecule has 1 saturated heterocycles. The number of benzene rings is 1. The summed E-state index contributed by atoms with van der Waals surface area (Å²) >= 11 is 0. The molecule has 1 heterocycles. The fraction of sp³-hybridized carbons (Fsp3) is 0.556. The van der Waals surface area contributed by atoms with Gasteiger partial charge < -0.3 is 25.6 Å². The molecule has 1 aliphatic heterocycles. The standard InChI is InChI=1S/C18H29N5O2/c1-19-18(21-13-17(24)20-10-12-25-2)22-15-7-6-11-23(14-15)16-8-4-3-5-9-16/h3-5,8-9,15H,6-7,10-14H2,1-2H3,(H,20,24)(H2,19,21,22). The van der Waals surface area contributed by atoms with Gasteiger partial charge in [0.15, 0.2) is 5.96 Å². The van der Waals surface area contributed by atoms with E-state index in [9.17, 15) is 4.79 Å². The monoisotopic (exact) mass is 347 g/mol. The van der Waals surface area contributed by atoms with E-state index >= 15 is 0 Å². The fourth-order valence-electron chi connectivity index (χ4n) is 2.88. The lowest BCUT2D eigenvalue weighted by molar-refractivity contribution is -0.120. The molecule has 1 aromatic carbocycles. The molecule has 0 radical (unpaired) electrons. The van der Waals surface area contributed by atoms with Crippen molar-refractivity contribution in [2.75, 3.05) is 51.8 Å². The summed E-state index contributed by atoms with van der Waals surface area (Å²) in [5.74, 6) is 0.580. The van der Waals surface area contributed by atoms with Crippen LogP contribution in [0.3, 0.4) is 0 Å². The van der Waals surface area contributed by atoms with E-state index in [1.54, 1.807) is 14.2 Å². The lowest BCUT2D eigenvalue weighted by Crippen LogP contribution is -2.52. The van der Waals surface area contributed by atoms with Gasteiger partial charge in [0, 0.05) is 45.5 Å². The van der Waals surface area contributed by atoms with Crippen LogP contribution in [0.25, 0.3) is 0 Å². The molecule has 0 bridgehead atoms. The molecule has 1 atom stereocenters. The summed E-state index contributed by atoms with van der Waals surface area (Å²) in [4.78, 5) is 18.3. The van der Waals surface area contributed by atoms with Crippen LogP contribution in [0.4, 0.5) is 5.69 Å². The van der Waals surface area contributed by atoms with E-state index in [2.05, 4.69) is 50.1 Å². The van der Waals surface area contributed by atoms with Gasteiger partial charge in [-0.15, -0.1) is 0 Å². The van der Waals surface area contributed by atoms with Crippen LogP contribution in [0.5, 0.6) is 0 Å². The lowest BCUT2D eigenvalue weighted by Gasteiger charge is -2.35. The van der Waals surface area contributed by atoms with Crippen molar-refractivity contribution in [3.8, 4) is 0 Å². The molecule has 25 heavy (non-hydrogen) atoms. The average molecular weight is 347 g/mol. The number of anilines is 1. The van der Waals surface area contributed by atoms with Gasteiger partial charge in [-0.2, -0.15) is 0 Å². The molecule has 0 aromatic heterocycles. The first-order chi connectivity index (χ1) is 12.2. The van der Waals surface area contributed by atoms with Crippen LogP contribution in [-0.4, -0.2) is 64.9 Å². The summed E-state index contributed by atoms with van der Waals surface area (Å²) in [6.45, 7) is 3.20. The molecule has 1 aliphatic rings. The van der Waals surface area contributed by atoms with Crippen molar-refractivity contribution >= 4 is 17.6 Å². The molecule has 7 heteroatoms. The molecule has 1 unspecified atom stereocenters. The first-order valence-electron chi connectivity index (χ1n) is 8.75. The van der Waals surface area contributed by atoms with Gasteiger partial charge in [-0.3, -0.25) is 9.79 Å². The molecule has 0 spiro atoms. The third kappa shape index (κ3) is 6.62. The topological polar surface area (TPSA) is 78.0 Å². The Hall–Kier alpha value is -2.28. The maximum absolute atomic E-state index is 11.7. The second-order valence-corrected chi connectivity index (χ2v) is 6.03. The summed E-state index contributed by atoms with van der Waals surface area (Å²) in [6.07, 6.45) is 2.21. The van der Waals surface area contributed by atoms with Crippen molar-refractivity contribution in [2.24, 2.45) is 4.99 Å². The number of carbonyl (C=O) groups excluding carboxylic acids is 1. The predicted octanol–water partition coefficient (Wildman–Crippen LogP) is 0.583. The highest BCUT2D eigenvalue weighted by molar-refractivity contribution is 5.86. The van der Waals surface area contributed by atoms with Gasteiger partial charge >= 0.3 is 0 Å². The van der Waals surface area contributed by atoms with Crippen LogP contribution < -0.4 is 20.9 Å². The minimum atomic E-state index is -0.0745. The number of carbonyl (C=O) groups is 1. The molecule has 2 rings (SSSR count). The lowest BCUT2D eigenvalue weighted by atomic mass is 10.1. The summed E-state index contributed by atoms with van der Waals surface area (Å²) in [5.41, 5.74) is 1.24. The highest BCUT2D eigenvalue weighted by atomic mass is 16.5. The SMILES string of the molecule is CN=C(NCC(=O)NCCOC)NC1CCCN(c2ccccc2)C1. The Morgan fingerprint density at radius 3 is 2.84 bits per heavy atom.